The summed E-state index contributed by atoms with van der Waals surface area (Å²) in [6, 6.07) is 5.86. The fraction of sp³-hybridized carbons (Fsp3) is 0.385. The summed E-state index contributed by atoms with van der Waals surface area (Å²) < 4.78 is 5.24. The van der Waals surface area contributed by atoms with Crippen LogP contribution in [-0.2, 0) is 9.59 Å². The number of amides is 1. The number of carbonyl (C=O) groups excluding carboxylic acids is 1. The van der Waals surface area contributed by atoms with Gasteiger partial charge in [0.1, 0.15) is 11.8 Å². The molecule has 1 saturated carbocycles. The Kier molecular flexibility index (Phi) is 4.27. The Balaban J connectivity index is 1.82. The molecule has 0 spiro atoms. The number of carbonyl (C=O) groups is 2. The van der Waals surface area contributed by atoms with Gasteiger partial charge in [-0.15, -0.1) is 0 Å². The molecule has 1 aromatic rings. The number of carboxylic acids is 1. The summed E-state index contributed by atoms with van der Waals surface area (Å²) in [4.78, 5) is 22.6. The molecule has 0 radical (unpaired) electrons. The van der Waals surface area contributed by atoms with Gasteiger partial charge in [-0.2, -0.15) is 0 Å². The molecule has 1 unspecified atom stereocenters. The fourth-order valence-electron chi connectivity index (χ4n) is 1.73. The van der Waals surface area contributed by atoms with E-state index < -0.39 is 17.9 Å². The van der Waals surface area contributed by atoms with Crippen LogP contribution in [0.15, 0.2) is 24.3 Å². The third-order valence-electron chi connectivity index (χ3n) is 2.84. The Hall–Kier alpha value is -1.75. The summed E-state index contributed by atoms with van der Waals surface area (Å²) in [7, 11) is 0. The van der Waals surface area contributed by atoms with Gasteiger partial charge in [0.25, 0.3) is 5.91 Å². The Labute approximate surface area is 115 Å². The first-order valence-corrected chi connectivity index (χ1v) is 6.34. The number of hydrogen-bond acceptors (Lipinski definition) is 3. The first kappa shape index (κ1) is 13.7. The highest BCUT2D eigenvalue weighted by molar-refractivity contribution is 6.30. The molecule has 1 aliphatic rings. The van der Waals surface area contributed by atoms with E-state index in [0.29, 0.717) is 10.8 Å². The minimum Gasteiger partial charge on any atom is -0.484 e. The first-order chi connectivity index (χ1) is 9.06. The summed E-state index contributed by atoms with van der Waals surface area (Å²) in [5.74, 6) is -0.925. The highest BCUT2D eigenvalue weighted by atomic mass is 35.5. The van der Waals surface area contributed by atoms with Crippen LogP contribution in [0, 0.1) is 5.92 Å². The van der Waals surface area contributed by atoms with Gasteiger partial charge < -0.3 is 15.2 Å². The highest BCUT2D eigenvalue weighted by Crippen LogP contribution is 2.32. The maximum atomic E-state index is 11.6. The molecule has 1 atom stereocenters. The summed E-state index contributed by atoms with van der Waals surface area (Å²) in [5.41, 5.74) is 0. The molecule has 0 saturated heterocycles. The van der Waals surface area contributed by atoms with Crippen molar-refractivity contribution in [2.24, 2.45) is 5.92 Å². The number of rotatable bonds is 6. The second-order valence-corrected chi connectivity index (χ2v) is 4.90. The zero-order valence-corrected chi connectivity index (χ0v) is 10.9. The van der Waals surface area contributed by atoms with Gasteiger partial charge in [-0.05, 0) is 37.0 Å². The zero-order valence-electron chi connectivity index (χ0n) is 10.1. The quantitative estimate of drug-likeness (QED) is 0.833. The average Bonchev–Trinajstić information content (AvgIpc) is 3.17. The van der Waals surface area contributed by atoms with Crippen LogP contribution in [0.25, 0.3) is 0 Å². The molecule has 102 valence electrons. The predicted octanol–water partition coefficient (Wildman–Crippen LogP) is 1.70. The van der Waals surface area contributed by atoms with Gasteiger partial charge in [0.2, 0.25) is 0 Å². The molecular weight excluding hydrogens is 270 g/mol. The number of carboxylic acid groups (broad SMARTS) is 1. The largest absolute Gasteiger partial charge is 0.484 e. The number of benzene rings is 1. The number of halogens is 1. The smallest absolute Gasteiger partial charge is 0.326 e. The van der Waals surface area contributed by atoms with Crippen molar-refractivity contribution in [1.29, 1.82) is 0 Å². The Morgan fingerprint density at radius 2 is 2.21 bits per heavy atom. The molecule has 0 heterocycles. The highest BCUT2D eigenvalue weighted by Gasteiger charge is 2.37. The van der Waals surface area contributed by atoms with E-state index in [9.17, 15) is 9.59 Å². The van der Waals surface area contributed by atoms with Crippen LogP contribution in [0.2, 0.25) is 5.02 Å². The molecule has 2 N–H and O–H groups in total. The Morgan fingerprint density at radius 1 is 1.47 bits per heavy atom. The number of nitrogens with one attached hydrogen (secondary N) is 1. The van der Waals surface area contributed by atoms with E-state index in [1.165, 1.54) is 0 Å². The Morgan fingerprint density at radius 3 is 2.79 bits per heavy atom. The van der Waals surface area contributed by atoms with E-state index in [1.807, 2.05) is 0 Å². The minimum absolute atomic E-state index is 0.0487. The summed E-state index contributed by atoms with van der Waals surface area (Å²) in [6.07, 6.45) is 1.68. The molecule has 6 heteroatoms. The third kappa shape index (κ3) is 4.13. The molecule has 1 amide bonds. The van der Waals surface area contributed by atoms with Crippen molar-refractivity contribution in [3.05, 3.63) is 29.3 Å². The van der Waals surface area contributed by atoms with Crippen LogP contribution in [0.1, 0.15) is 12.8 Å². The van der Waals surface area contributed by atoms with E-state index in [4.69, 9.17) is 21.4 Å². The van der Waals surface area contributed by atoms with E-state index >= 15 is 0 Å². The SMILES string of the molecule is O=C(COc1cccc(Cl)c1)NC(C(=O)O)C1CC1. The van der Waals surface area contributed by atoms with Crippen LogP contribution >= 0.6 is 11.6 Å². The second-order valence-electron chi connectivity index (χ2n) is 4.47. The molecule has 19 heavy (non-hydrogen) atoms. The summed E-state index contributed by atoms with van der Waals surface area (Å²) >= 11 is 5.78. The van der Waals surface area contributed by atoms with Gasteiger partial charge >= 0.3 is 5.97 Å². The van der Waals surface area contributed by atoms with Crippen molar-refractivity contribution < 1.29 is 19.4 Å². The first-order valence-electron chi connectivity index (χ1n) is 5.97. The normalized spacial score (nSPS) is 15.6. The molecule has 1 aliphatic carbocycles. The van der Waals surface area contributed by atoms with Gasteiger partial charge in [-0.25, -0.2) is 4.79 Å². The molecule has 0 aromatic heterocycles. The van der Waals surface area contributed by atoms with Crippen LogP contribution in [0.5, 0.6) is 5.75 Å². The molecule has 5 nitrogen and oxygen atoms in total. The lowest BCUT2D eigenvalue weighted by Gasteiger charge is -2.13. The molecule has 1 fully saturated rings. The molecule has 0 bridgehead atoms. The fourth-order valence-corrected chi connectivity index (χ4v) is 1.91. The van der Waals surface area contributed by atoms with Gasteiger partial charge in [0.15, 0.2) is 6.61 Å². The molecule has 1 aromatic carbocycles. The van der Waals surface area contributed by atoms with Crippen molar-refractivity contribution in [1.82, 2.24) is 5.32 Å². The minimum atomic E-state index is -1.00. The van der Waals surface area contributed by atoms with Crippen molar-refractivity contribution in [3.8, 4) is 5.75 Å². The standard InChI is InChI=1S/C13H14ClNO4/c14-9-2-1-3-10(6-9)19-7-11(16)15-12(13(17)18)8-4-5-8/h1-3,6,8,12H,4-5,7H2,(H,15,16)(H,17,18). The zero-order chi connectivity index (χ0) is 13.8. The number of hydrogen-bond donors (Lipinski definition) is 2. The Bertz CT molecular complexity index is 487. The molecule has 0 aliphatic heterocycles. The lowest BCUT2D eigenvalue weighted by Crippen LogP contribution is -2.44. The monoisotopic (exact) mass is 283 g/mol. The van der Waals surface area contributed by atoms with Crippen molar-refractivity contribution in [2.75, 3.05) is 6.61 Å². The van der Waals surface area contributed by atoms with Crippen molar-refractivity contribution >= 4 is 23.5 Å². The van der Waals surface area contributed by atoms with Gasteiger partial charge in [-0.1, -0.05) is 17.7 Å². The number of aliphatic carboxylic acids is 1. The van der Waals surface area contributed by atoms with E-state index in [1.54, 1.807) is 24.3 Å². The van der Waals surface area contributed by atoms with E-state index in [0.717, 1.165) is 12.8 Å². The van der Waals surface area contributed by atoms with Crippen LogP contribution in [0.4, 0.5) is 0 Å². The maximum absolute atomic E-state index is 11.6. The van der Waals surface area contributed by atoms with Crippen molar-refractivity contribution in [2.45, 2.75) is 18.9 Å². The van der Waals surface area contributed by atoms with Crippen LogP contribution in [0.3, 0.4) is 0 Å². The predicted molar refractivity (Wildman–Crippen MR) is 69.2 cm³/mol. The van der Waals surface area contributed by atoms with Crippen LogP contribution < -0.4 is 10.1 Å². The topological polar surface area (TPSA) is 75.6 Å². The van der Waals surface area contributed by atoms with Gasteiger partial charge in [0, 0.05) is 5.02 Å². The van der Waals surface area contributed by atoms with E-state index in [2.05, 4.69) is 5.32 Å². The van der Waals surface area contributed by atoms with Crippen molar-refractivity contribution in [3.63, 3.8) is 0 Å². The summed E-state index contributed by atoms with van der Waals surface area (Å²) in [5, 5.41) is 12.0. The molecule has 2 rings (SSSR count). The second kappa shape index (κ2) is 5.93. The maximum Gasteiger partial charge on any atom is 0.326 e. The lowest BCUT2D eigenvalue weighted by molar-refractivity contribution is -0.142. The van der Waals surface area contributed by atoms with Crippen LogP contribution in [-0.4, -0.2) is 29.6 Å². The molecular formula is C13H14ClNO4. The lowest BCUT2D eigenvalue weighted by atomic mass is 10.2. The summed E-state index contributed by atoms with van der Waals surface area (Å²) in [6.45, 7) is -0.225. The van der Waals surface area contributed by atoms with Gasteiger partial charge in [-0.3, -0.25) is 4.79 Å². The van der Waals surface area contributed by atoms with E-state index in [-0.39, 0.29) is 12.5 Å². The third-order valence-corrected chi connectivity index (χ3v) is 3.08. The van der Waals surface area contributed by atoms with Gasteiger partial charge in [0.05, 0.1) is 0 Å². The number of ether oxygens (including phenoxy) is 1. The average molecular weight is 284 g/mol.